The van der Waals surface area contributed by atoms with Gasteiger partial charge in [-0.15, -0.1) is 0 Å². The van der Waals surface area contributed by atoms with E-state index in [1.807, 2.05) is 10.9 Å². The van der Waals surface area contributed by atoms with Crippen molar-refractivity contribution in [2.75, 3.05) is 6.61 Å². The fourth-order valence-corrected chi connectivity index (χ4v) is 1.90. The molecule has 0 atom stereocenters. The van der Waals surface area contributed by atoms with E-state index in [0.29, 0.717) is 0 Å². The van der Waals surface area contributed by atoms with Gasteiger partial charge in [-0.25, -0.2) is 4.68 Å². The molecule has 0 saturated heterocycles. The molecule has 2 rings (SSSR count). The van der Waals surface area contributed by atoms with Crippen LogP contribution in [0.5, 0.6) is 0 Å². The molecule has 1 N–H and O–H groups in total. The van der Waals surface area contributed by atoms with Crippen LogP contribution < -0.4 is 0 Å². The molecule has 0 spiro atoms. The van der Waals surface area contributed by atoms with Gasteiger partial charge in [0, 0.05) is 12.3 Å². The molecule has 0 unspecified atom stereocenters. The third kappa shape index (κ3) is 2.56. The summed E-state index contributed by atoms with van der Waals surface area (Å²) in [6.45, 7) is 4.38. The fraction of sp³-hybridized carbons (Fsp3) is 0.357. The first-order chi connectivity index (χ1) is 8.22. The lowest BCUT2D eigenvalue weighted by Crippen LogP contribution is -1.99. The van der Waals surface area contributed by atoms with Crippen LogP contribution in [0.2, 0.25) is 0 Å². The van der Waals surface area contributed by atoms with Gasteiger partial charge in [0.05, 0.1) is 11.9 Å². The maximum Gasteiger partial charge on any atom is 0.0648 e. The maximum absolute atomic E-state index is 8.85. The highest BCUT2D eigenvalue weighted by molar-refractivity contribution is 5.36. The van der Waals surface area contributed by atoms with Gasteiger partial charge >= 0.3 is 0 Å². The first-order valence-electron chi connectivity index (χ1n) is 5.94. The van der Waals surface area contributed by atoms with Gasteiger partial charge < -0.3 is 5.11 Å². The quantitative estimate of drug-likeness (QED) is 0.876. The van der Waals surface area contributed by atoms with Crippen molar-refractivity contribution in [1.29, 1.82) is 0 Å². The zero-order valence-electron chi connectivity index (χ0n) is 10.3. The van der Waals surface area contributed by atoms with Crippen LogP contribution in [0.4, 0.5) is 0 Å². The lowest BCUT2D eigenvalue weighted by Gasteiger charge is -2.05. The van der Waals surface area contributed by atoms with Crippen LogP contribution in [0.1, 0.15) is 23.2 Å². The van der Waals surface area contributed by atoms with E-state index in [-0.39, 0.29) is 6.61 Å². The molecule has 0 bridgehead atoms. The lowest BCUT2D eigenvalue weighted by molar-refractivity contribution is 0.288. The van der Waals surface area contributed by atoms with Crippen LogP contribution in [-0.4, -0.2) is 21.5 Å². The van der Waals surface area contributed by atoms with Crippen LogP contribution in [0.25, 0.3) is 5.69 Å². The molecular formula is C14H18N2O. The summed E-state index contributed by atoms with van der Waals surface area (Å²) in [6, 6.07) is 8.32. The number of benzene rings is 1. The highest BCUT2D eigenvalue weighted by Gasteiger charge is 2.07. The van der Waals surface area contributed by atoms with E-state index in [1.165, 1.54) is 11.1 Å². The SMILES string of the molecule is Cc1ccc(-n2ncc(CCCO)c2C)cc1. The van der Waals surface area contributed by atoms with Gasteiger partial charge in [0.2, 0.25) is 0 Å². The Morgan fingerprint density at radius 2 is 1.88 bits per heavy atom. The summed E-state index contributed by atoms with van der Waals surface area (Å²) in [5.41, 5.74) is 4.70. The average molecular weight is 230 g/mol. The summed E-state index contributed by atoms with van der Waals surface area (Å²) < 4.78 is 1.95. The molecule has 1 aromatic carbocycles. The predicted molar refractivity (Wildman–Crippen MR) is 68.4 cm³/mol. The van der Waals surface area contributed by atoms with Gasteiger partial charge in [0.15, 0.2) is 0 Å². The minimum atomic E-state index is 0.231. The van der Waals surface area contributed by atoms with E-state index in [0.717, 1.165) is 24.2 Å². The van der Waals surface area contributed by atoms with Gasteiger partial charge in [-0.2, -0.15) is 5.10 Å². The van der Waals surface area contributed by atoms with Gasteiger partial charge in [0.1, 0.15) is 0 Å². The molecule has 3 nitrogen and oxygen atoms in total. The number of rotatable bonds is 4. The monoisotopic (exact) mass is 230 g/mol. The predicted octanol–water partition coefficient (Wildman–Crippen LogP) is 2.41. The largest absolute Gasteiger partial charge is 0.396 e. The summed E-state index contributed by atoms with van der Waals surface area (Å²) in [6.07, 6.45) is 3.57. The Hall–Kier alpha value is -1.61. The Morgan fingerprint density at radius 3 is 2.53 bits per heavy atom. The number of hydrogen-bond acceptors (Lipinski definition) is 2. The number of aromatic nitrogens is 2. The molecule has 0 aliphatic heterocycles. The highest BCUT2D eigenvalue weighted by atomic mass is 16.2. The minimum Gasteiger partial charge on any atom is -0.396 e. The van der Waals surface area contributed by atoms with E-state index >= 15 is 0 Å². The van der Waals surface area contributed by atoms with Crippen molar-refractivity contribution in [3.8, 4) is 5.69 Å². The molecule has 90 valence electrons. The Balaban J connectivity index is 2.27. The normalized spacial score (nSPS) is 10.8. The molecule has 2 aromatic rings. The van der Waals surface area contributed by atoms with E-state index in [4.69, 9.17) is 5.11 Å². The van der Waals surface area contributed by atoms with Crippen LogP contribution in [0.15, 0.2) is 30.5 Å². The van der Waals surface area contributed by atoms with Crippen LogP contribution in [0.3, 0.4) is 0 Å². The number of nitrogens with zero attached hydrogens (tertiary/aromatic N) is 2. The number of aliphatic hydroxyl groups is 1. The molecule has 0 aliphatic carbocycles. The molecule has 0 radical (unpaired) electrons. The first kappa shape index (κ1) is 11.9. The Kier molecular flexibility index (Phi) is 3.59. The molecule has 17 heavy (non-hydrogen) atoms. The van der Waals surface area contributed by atoms with Crippen molar-refractivity contribution < 1.29 is 5.11 Å². The number of aryl methyl sites for hydroxylation is 2. The molecule has 1 heterocycles. The third-order valence-electron chi connectivity index (χ3n) is 2.99. The van der Waals surface area contributed by atoms with E-state index < -0.39 is 0 Å². The van der Waals surface area contributed by atoms with Crippen LogP contribution >= 0.6 is 0 Å². The summed E-state index contributed by atoms with van der Waals surface area (Å²) in [7, 11) is 0. The average Bonchev–Trinajstić information content (AvgIpc) is 2.69. The van der Waals surface area contributed by atoms with Gasteiger partial charge in [-0.1, -0.05) is 17.7 Å². The zero-order valence-corrected chi connectivity index (χ0v) is 10.3. The summed E-state index contributed by atoms with van der Waals surface area (Å²) >= 11 is 0. The van der Waals surface area contributed by atoms with Crippen molar-refractivity contribution >= 4 is 0 Å². The standard InChI is InChI=1S/C14H18N2O/c1-11-5-7-14(8-6-11)16-12(2)13(10-15-16)4-3-9-17/h5-8,10,17H,3-4,9H2,1-2H3. The molecule has 1 aromatic heterocycles. The van der Waals surface area contributed by atoms with Crippen molar-refractivity contribution in [3.63, 3.8) is 0 Å². The Bertz CT molecular complexity index is 485. The molecule has 0 saturated carbocycles. The summed E-state index contributed by atoms with van der Waals surface area (Å²) in [5, 5.41) is 13.2. The summed E-state index contributed by atoms with van der Waals surface area (Å²) in [4.78, 5) is 0. The van der Waals surface area contributed by atoms with Crippen molar-refractivity contribution in [2.45, 2.75) is 26.7 Å². The number of aliphatic hydroxyl groups excluding tert-OH is 1. The van der Waals surface area contributed by atoms with Crippen LogP contribution in [-0.2, 0) is 6.42 Å². The summed E-state index contributed by atoms with van der Waals surface area (Å²) in [5.74, 6) is 0. The Morgan fingerprint density at radius 1 is 1.18 bits per heavy atom. The molecule has 0 fully saturated rings. The van der Waals surface area contributed by atoms with E-state index in [2.05, 4.69) is 43.2 Å². The topological polar surface area (TPSA) is 38.0 Å². The molecule has 3 heteroatoms. The second kappa shape index (κ2) is 5.15. The van der Waals surface area contributed by atoms with Gasteiger partial charge in [-0.05, 0) is 44.4 Å². The zero-order chi connectivity index (χ0) is 12.3. The molecule has 0 aliphatic rings. The number of hydrogen-bond donors (Lipinski definition) is 1. The van der Waals surface area contributed by atoms with Crippen molar-refractivity contribution in [2.24, 2.45) is 0 Å². The second-order valence-corrected chi connectivity index (χ2v) is 4.33. The van der Waals surface area contributed by atoms with E-state index in [1.54, 1.807) is 0 Å². The smallest absolute Gasteiger partial charge is 0.0648 e. The van der Waals surface area contributed by atoms with Gasteiger partial charge in [0.25, 0.3) is 0 Å². The van der Waals surface area contributed by atoms with Crippen LogP contribution in [0, 0.1) is 13.8 Å². The first-order valence-corrected chi connectivity index (χ1v) is 5.94. The molecular weight excluding hydrogens is 212 g/mol. The Labute approximate surface area is 102 Å². The fourth-order valence-electron chi connectivity index (χ4n) is 1.90. The second-order valence-electron chi connectivity index (χ2n) is 4.33. The lowest BCUT2D eigenvalue weighted by atomic mass is 10.1. The minimum absolute atomic E-state index is 0.231. The van der Waals surface area contributed by atoms with E-state index in [9.17, 15) is 0 Å². The van der Waals surface area contributed by atoms with Gasteiger partial charge in [-0.3, -0.25) is 0 Å². The van der Waals surface area contributed by atoms with Crippen molar-refractivity contribution in [3.05, 3.63) is 47.3 Å². The third-order valence-corrected chi connectivity index (χ3v) is 2.99. The van der Waals surface area contributed by atoms with Crippen molar-refractivity contribution in [1.82, 2.24) is 9.78 Å². The maximum atomic E-state index is 8.85. The molecule has 0 amide bonds. The highest BCUT2D eigenvalue weighted by Crippen LogP contribution is 2.15.